The maximum absolute atomic E-state index is 5.89. The molecule has 3 aromatic rings. The minimum Gasteiger partial charge on any atom is -0.467 e. The van der Waals surface area contributed by atoms with E-state index in [0.29, 0.717) is 17.9 Å². The second-order valence-corrected chi connectivity index (χ2v) is 4.73. The lowest BCUT2D eigenvalue weighted by Crippen LogP contribution is -2.05. The summed E-state index contributed by atoms with van der Waals surface area (Å²) in [5, 5.41) is 0. The average molecular weight is 271 g/mol. The predicted octanol–water partition coefficient (Wildman–Crippen LogP) is 2.39. The molecular weight excluding hydrogens is 254 g/mol. The topological polar surface area (TPSA) is 82.8 Å². The maximum atomic E-state index is 5.89. The van der Waals surface area contributed by atoms with Crippen LogP contribution in [0.1, 0.15) is 31.4 Å². The van der Waals surface area contributed by atoms with Gasteiger partial charge in [0.25, 0.3) is 0 Å². The Labute approximate surface area is 116 Å². The second kappa shape index (κ2) is 5.32. The third-order valence-corrected chi connectivity index (χ3v) is 3.29. The number of hydrogen-bond donors (Lipinski definition) is 1. The van der Waals surface area contributed by atoms with Crippen molar-refractivity contribution in [3.63, 3.8) is 0 Å². The summed E-state index contributed by atoms with van der Waals surface area (Å²) in [4.78, 5) is 12.9. The minimum atomic E-state index is 0.422. The molecule has 6 nitrogen and oxygen atoms in total. The summed E-state index contributed by atoms with van der Waals surface area (Å²) in [7, 11) is 0. The van der Waals surface area contributed by atoms with Crippen LogP contribution in [0.2, 0.25) is 0 Å². The molecule has 6 heteroatoms. The van der Waals surface area contributed by atoms with Gasteiger partial charge in [0.1, 0.15) is 17.9 Å². The summed E-state index contributed by atoms with van der Waals surface area (Å²) in [6.45, 7) is 2.77. The third-order valence-electron chi connectivity index (χ3n) is 3.29. The monoisotopic (exact) mass is 271 g/mol. The first-order chi connectivity index (χ1) is 9.79. The Balaban J connectivity index is 2.07. The maximum Gasteiger partial charge on any atom is 0.166 e. The van der Waals surface area contributed by atoms with Crippen LogP contribution in [-0.2, 0) is 13.0 Å². The SMILES string of the molecule is CCCCc1nc2c(N)ncnc2n1Cc1ccco1. The molecule has 0 aromatic carbocycles. The molecule has 2 N–H and O–H groups in total. The number of fused-ring (bicyclic) bond motifs is 1. The van der Waals surface area contributed by atoms with Gasteiger partial charge in [-0.2, -0.15) is 0 Å². The molecule has 0 saturated heterocycles. The van der Waals surface area contributed by atoms with Crippen LogP contribution in [0, 0.1) is 0 Å². The van der Waals surface area contributed by atoms with E-state index in [2.05, 4.69) is 26.4 Å². The highest BCUT2D eigenvalue weighted by Crippen LogP contribution is 2.20. The number of hydrogen-bond acceptors (Lipinski definition) is 5. The summed E-state index contributed by atoms with van der Waals surface area (Å²) in [6, 6.07) is 3.82. The number of unbranched alkanes of at least 4 members (excludes halogenated alkanes) is 1. The fraction of sp³-hybridized carbons (Fsp3) is 0.357. The molecule has 3 aromatic heterocycles. The summed E-state index contributed by atoms with van der Waals surface area (Å²) in [5.74, 6) is 2.27. The predicted molar refractivity (Wildman–Crippen MR) is 76.2 cm³/mol. The van der Waals surface area contributed by atoms with E-state index >= 15 is 0 Å². The number of nitrogens with zero attached hydrogens (tertiary/aromatic N) is 4. The van der Waals surface area contributed by atoms with Crippen molar-refractivity contribution in [1.29, 1.82) is 0 Å². The molecule has 0 amide bonds. The van der Waals surface area contributed by atoms with Crippen LogP contribution in [0.15, 0.2) is 29.1 Å². The van der Waals surface area contributed by atoms with Gasteiger partial charge in [0, 0.05) is 6.42 Å². The Hall–Kier alpha value is -2.37. The van der Waals surface area contributed by atoms with E-state index < -0.39 is 0 Å². The Morgan fingerprint density at radius 1 is 1.35 bits per heavy atom. The van der Waals surface area contributed by atoms with Gasteiger partial charge >= 0.3 is 0 Å². The fourth-order valence-corrected chi connectivity index (χ4v) is 2.25. The molecule has 0 aliphatic heterocycles. The van der Waals surface area contributed by atoms with Crippen LogP contribution in [0.5, 0.6) is 0 Å². The number of nitrogens with two attached hydrogens (primary N) is 1. The molecule has 0 unspecified atom stereocenters. The van der Waals surface area contributed by atoms with Crippen molar-refractivity contribution in [3.05, 3.63) is 36.3 Å². The van der Waals surface area contributed by atoms with Crippen molar-refractivity contribution < 1.29 is 4.42 Å². The van der Waals surface area contributed by atoms with E-state index in [4.69, 9.17) is 10.2 Å². The smallest absolute Gasteiger partial charge is 0.166 e. The van der Waals surface area contributed by atoms with E-state index in [1.165, 1.54) is 6.33 Å². The number of nitrogen functional groups attached to an aromatic ring is 1. The van der Waals surface area contributed by atoms with Gasteiger partial charge in [-0.15, -0.1) is 0 Å². The molecule has 20 heavy (non-hydrogen) atoms. The van der Waals surface area contributed by atoms with E-state index in [-0.39, 0.29) is 0 Å². The van der Waals surface area contributed by atoms with Crippen molar-refractivity contribution in [2.45, 2.75) is 32.7 Å². The van der Waals surface area contributed by atoms with Crippen LogP contribution in [0.4, 0.5) is 5.82 Å². The Bertz CT molecular complexity index is 702. The van der Waals surface area contributed by atoms with Gasteiger partial charge in [-0.05, 0) is 18.6 Å². The Morgan fingerprint density at radius 3 is 3.00 bits per heavy atom. The molecule has 0 aliphatic rings. The Kier molecular flexibility index (Phi) is 3.37. The molecule has 0 aliphatic carbocycles. The normalized spacial score (nSPS) is 11.2. The third kappa shape index (κ3) is 2.24. The van der Waals surface area contributed by atoms with Crippen LogP contribution < -0.4 is 5.73 Å². The molecular formula is C14H17N5O. The van der Waals surface area contributed by atoms with Crippen LogP contribution in [0.25, 0.3) is 11.2 Å². The highest BCUT2D eigenvalue weighted by Gasteiger charge is 2.15. The highest BCUT2D eigenvalue weighted by molar-refractivity contribution is 5.81. The lowest BCUT2D eigenvalue weighted by molar-refractivity contribution is 0.490. The average Bonchev–Trinajstić information content (AvgIpc) is 3.07. The number of aryl methyl sites for hydroxylation is 1. The lowest BCUT2D eigenvalue weighted by Gasteiger charge is -2.06. The lowest BCUT2D eigenvalue weighted by atomic mass is 10.2. The van der Waals surface area contributed by atoms with E-state index in [0.717, 1.165) is 36.5 Å². The summed E-state index contributed by atoms with van der Waals surface area (Å²) in [6.07, 6.45) is 6.23. The van der Waals surface area contributed by atoms with Crippen molar-refractivity contribution in [2.24, 2.45) is 0 Å². The largest absolute Gasteiger partial charge is 0.467 e. The highest BCUT2D eigenvalue weighted by atomic mass is 16.3. The van der Waals surface area contributed by atoms with Crippen molar-refractivity contribution in [1.82, 2.24) is 19.5 Å². The van der Waals surface area contributed by atoms with Crippen LogP contribution >= 0.6 is 0 Å². The molecule has 0 fully saturated rings. The molecule has 0 atom stereocenters. The quantitative estimate of drug-likeness (QED) is 0.770. The first-order valence-electron chi connectivity index (χ1n) is 6.77. The number of aromatic nitrogens is 4. The van der Waals surface area contributed by atoms with E-state index in [9.17, 15) is 0 Å². The number of imidazole rings is 1. The fourth-order valence-electron chi connectivity index (χ4n) is 2.25. The van der Waals surface area contributed by atoms with Gasteiger partial charge in [-0.25, -0.2) is 15.0 Å². The summed E-state index contributed by atoms with van der Waals surface area (Å²) >= 11 is 0. The summed E-state index contributed by atoms with van der Waals surface area (Å²) < 4.78 is 7.48. The number of rotatable bonds is 5. The van der Waals surface area contributed by atoms with Gasteiger partial charge in [0.05, 0.1) is 12.8 Å². The molecule has 0 bridgehead atoms. The number of furan rings is 1. The van der Waals surface area contributed by atoms with Crippen molar-refractivity contribution in [2.75, 3.05) is 5.73 Å². The van der Waals surface area contributed by atoms with Gasteiger partial charge in [0.15, 0.2) is 17.0 Å². The van der Waals surface area contributed by atoms with Gasteiger partial charge in [0.2, 0.25) is 0 Å². The van der Waals surface area contributed by atoms with Crippen molar-refractivity contribution >= 4 is 17.0 Å². The molecule has 0 spiro atoms. The molecule has 104 valence electrons. The second-order valence-electron chi connectivity index (χ2n) is 4.73. The zero-order valence-corrected chi connectivity index (χ0v) is 11.4. The molecule has 0 saturated carbocycles. The first kappa shape index (κ1) is 12.7. The standard InChI is InChI=1S/C14H17N5O/c1-2-3-6-11-18-12-13(15)16-9-17-14(12)19(11)8-10-5-4-7-20-10/h4-5,7,9H,2-3,6,8H2,1H3,(H2,15,16,17). The zero-order valence-electron chi connectivity index (χ0n) is 11.4. The van der Waals surface area contributed by atoms with Crippen molar-refractivity contribution in [3.8, 4) is 0 Å². The van der Waals surface area contributed by atoms with Crippen LogP contribution in [-0.4, -0.2) is 19.5 Å². The Morgan fingerprint density at radius 2 is 2.25 bits per heavy atom. The zero-order chi connectivity index (χ0) is 13.9. The summed E-state index contributed by atoms with van der Waals surface area (Å²) in [5.41, 5.74) is 7.33. The number of anilines is 1. The van der Waals surface area contributed by atoms with Gasteiger partial charge in [-0.3, -0.25) is 0 Å². The van der Waals surface area contributed by atoms with Gasteiger partial charge in [-0.1, -0.05) is 13.3 Å². The van der Waals surface area contributed by atoms with Crippen LogP contribution in [0.3, 0.4) is 0 Å². The first-order valence-corrected chi connectivity index (χ1v) is 6.77. The van der Waals surface area contributed by atoms with Gasteiger partial charge < -0.3 is 14.7 Å². The molecule has 3 heterocycles. The minimum absolute atomic E-state index is 0.422. The van der Waals surface area contributed by atoms with E-state index in [1.54, 1.807) is 6.26 Å². The molecule has 3 rings (SSSR count). The van der Waals surface area contributed by atoms with E-state index in [1.807, 2.05) is 12.1 Å². The molecule has 0 radical (unpaired) electrons.